The van der Waals surface area contributed by atoms with Crippen LogP contribution in [0, 0.1) is 19.3 Å². The fourth-order valence-electron chi connectivity index (χ4n) is 5.02. The van der Waals surface area contributed by atoms with Crippen LogP contribution in [0.3, 0.4) is 0 Å². The van der Waals surface area contributed by atoms with Crippen molar-refractivity contribution < 1.29 is 9.59 Å². The maximum Gasteiger partial charge on any atom is 0.274 e. The highest BCUT2D eigenvalue weighted by molar-refractivity contribution is 5.95. The molecule has 4 heterocycles. The largest absolute Gasteiger partial charge is 0.356 e. The third-order valence-corrected chi connectivity index (χ3v) is 6.46. The van der Waals surface area contributed by atoms with Gasteiger partial charge in [-0.25, -0.2) is 9.50 Å². The molecule has 0 spiro atoms. The lowest BCUT2D eigenvalue weighted by Gasteiger charge is -2.53. The van der Waals surface area contributed by atoms with Gasteiger partial charge in [-0.2, -0.15) is 5.10 Å². The van der Waals surface area contributed by atoms with Crippen molar-refractivity contribution in [3.05, 3.63) is 29.2 Å². The maximum absolute atomic E-state index is 13.5. The van der Waals surface area contributed by atoms with Crippen LogP contribution >= 0.6 is 0 Å². The fourth-order valence-corrected chi connectivity index (χ4v) is 5.02. The number of amides is 2. The topological polar surface area (TPSA) is 82.8 Å². The van der Waals surface area contributed by atoms with Crippen LogP contribution in [0.25, 0.3) is 5.65 Å². The Morgan fingerprint density at radius 3 is 2.79 bits per heavy atom. The van der Waals surface area contributed by atoms with Gasteiger partial charge in [0.15, 0.2) is 11.3 Å². The van der Waals surface area contributed by atoms with Gasteiger partial charge in [0.2, 0.25) is 5.91 Å². The Kier molecular flexibility index (Phi) is 5.06. The summed E-state index contributed by atoms with van der Waals surface area (Å²) >= 11 is 0. The first kappa shape index (κ1) is 19.8. The molecule has 8 heteroatoms. The van der Waals surface area contributed by atoms with Crippen LogP contribution in [0.4, 0.5) is 0 Å². The van der Waals surface area contributed by atoms with Crippen molar-refractivity contribution >= 4 is 17.5 Å². The molecule has 2 aliphatic rings. The molecule has 2 atom stereocenters. The second-order valence-electron chi connectivity index (χ2n) is 8.48. The number of carbonyl (C=O) groups excluding carboxylic acids is 2. The van der Waals surface area contributed by atoms with E-state index in [0.29, 0.717) is 31.0 Å². The predicted octanol–water partition coefficient (Wildman–Crippen LogP) is 1.41. The molecule has 4 rings (SSSR count). The Morgan fingerprint density at radius 2 is 2.03 bits per heavy atom. The van der Waals surface area contributed by atoms with Gasteiger partial charge in [-0.3, -0.25) is 9.59 Å². The van der Waals surface area contributed by atoms with Crippen molar-refractivity contribution in [3.63, 3.8) is 0 Å². The zero-order valence-electron chi connectivity index (χ0n) is 17.7. The van der Waals surface area contributed by atoms with E-state index < -0.39 is 5.41 Å². The lowest BCUT2D eigenvalue weighted by Crippen LogP contribution is -2.66. The van der Waals surface area contributed by atoms with Crippen LogP contribution in [0.1, 0.15) is 48.1 Å². The summed E-state index contributed by atoms with van der Waals surface area (Å²) in [6.07, 6.45) is 2.42. The van der Waals surface area contributed by atoms with Crippen LogP contribution < -0.4 is 5.32 Å². The predicted molar refractivity (Wildman–Crippen MR) is 110 cm³/mol. The van der Waals surface area contributed by atoms with Gasteiger partial charge in [0, 0.05) is 37.1 Å². The minimum absolute atomic E-state index is 0.0822. The van der Waals surface area contributed by atoms with Gasteiger partial charge in [0.25, 0.3) is 5.91 Å². The van der Waals surface area contributed by atoms with Gasteiger partial charge < -0.3 is 15.1 Å². The summed E-state index contributed by atoms with van der Waals surface area (Å²) in [5, 5.41) is 7.57. The summed E-state index contributed by atoms with van der Waals surface area (Å²) < 4.78 is 1.72. The number of fused-ring (bicyclic) bond motifs is 2. The van der Waals surface area contributed by atoms with E-state index in [9.17, 15) is 9.59 Å². The standard InChI is InChI=1S/C21H30N6O2/c1-5-22-20(29)21-7-6-9-26(17(21)13-25(4)10-8-21)19(28)16-12-18-23-14(2)11-15(3)27(18)24-16/h11-12,17H,5-10,13H2,1-4H3,(H,22,29)/t17-,21-/m1/s1. The Morgan fingerprint density at radius 1 is 1.24 bits per heavy atom. The van der Waals surface area contributed by atoms with E-state index in [4.69, 9.17) is 0 Å². The Balaban J connectivity index is 1.70. The minimum Gasteiger partial charge on any atom is -0.356 e. The van der Waals surface area contributed by atoms with Gasteiger partial charge in [-0.15, -0.1) is 0 Å². The van der Waals surface area contributed by atoms with Crippen molar-refractivity contribution in [2.24, 2.45) is 5.41 Å². The smallest absolute Gasteiger partial charge is 0.274 e. The van der Waals surface area contributed by atoms with Gasteiger partial charge in [0.1, 0.15) is 0 Å². The number of hydrogen-bond acceptors (Lipinski definition) is 5. The van der Waals surface area contributed by atoms with E-state index in [1.165, 1.54) is 0 Å². The second-order valence-corrected chi connectivity index (χ2v) is 8.48. The normalized spacial score (nSPS) is 25.1. The number of piperidine rings is 2. The molecule has 0 radical (unpaired) electrons. The number of aryl methyl sites for hydroxylation is 2. The Bertz CT molecular complexity index is 954. The van der Waals surface area contributed by atoms with Crippen molar-refractivity contribution in [2.75, 3.05) is 33.2 Å². The first-order valence-corrected chi connectivity index (χ1v) is 10.5. The van der Waals surface area contributed by atoms with E-state index in [0.717, 1.165) is 37.2 Å². The summed E-state index contributed by atoms with van der Waals surface area (Å²) in [5.41, 5.74) is 2.40. The monoisotopic (exact) mass is 398 g/mol. The zero-order chi connectivity index (χ0) is 20.8. The average molecular weight is 399 g/mol. The number of nitrogens with one attached hydrogen (secondary N) is 1. The molecule has 0 bridgehead atoms. The molecule has 2 aliphatic heterocycles. The second kappa shape index (κ2) is 7.40. The van der Waals surface area contributed by atoms with E-state index in [2.05, 4.69) is 27.3 Å². The summed E-state index contributed by atoms with van der Waals surface area (Å²) in [6.45, 7) is 8.66. The average Bonchev–Trinajstić information content (AvgIpc) is 3.11. The first-order chi connectivity index (χ1) is 13.9. The lowest BCUT2D eigenvalue weighted by atomic mass is 9.67. The van der Waals surface area contributed by atoms with Crippen molar-refractivity contribution in [2.45, 2.75) is 46.1 Å². The molecule has 2 aromatic heterocycles. The highest BCUT2D eigenvalue weighted by atomic mass is 16.2. The number of likely N-dealkylation sites (tertiary alicyclic amines) is 2. The summed E-state index contributed by atoms with van der Waals surface area (Å²) in [5.74, 6) is -0.0278. The fraction of sp³-hybridized carbons (Fsp3) is 0.619. The van der Waals surface area contributed by atoms with Crippen LogP contribution in [0.5, 0.6) is 0 Å². The molecule has 0 unspecified atom stereocenters. The molecule has 2 amide bonds. The third kappa shape index (κ3) is 3.29. The number of hydrogen-bond donors (Lipinski definition) is 1. The molecule has 2 saturated heterocycles. The highest BCUT2D eigenvalue weighted by Gasteiger charge is 2.53. The molecule has 0 saturated carbocycles. The number of aromatic nitrogens is 3. The zero-order valence-corrected chi connectivity index (χ0v) is 17.7. The molecule has 29 heavy (non-hydrogen) atoms. The van der Waals surface area contributed by atoms with Gasteiger partial charge in [-0.05, 0) is 59.7 Å². The molecule has 156 valence electrons. The molecule has 0 aromatic carbocycles. The van der Waals surface area contributed by atoms with Crippen LogP contribution in [-0.4, -0.2) is 75.5 Å². The van der Waals surface area contributed by atoms with Crippen LogP contribution in [0.2, 0.25) is 0 Å². The van der Waals surface area contributed by atoms with Crippen molar-refractivity contribution in [1.29, 1.82) is 0 Å². The van der Waals surface area contributed by atoms with Crippen molar-refractivity contribution in [3.8, 4) is 0 Å². The van der Waals surface area contributed by atoms with Gasteiger partial charge in [0.05, 0.1) is 11.5 Å². The number of nitrogens with zero attached hydrogens (tertiary/aromatic N) is 5. The number of rotatable bonds is 3. The quantitative estimate of drug-likeness (QED) is 0.845. The van der Waals surface area contributed by atoms with Gasteiger partial charge >= 0.3 is 0 Å². The molecular weight excluding hydrogens is 368 g/mol. The first-order valence-electron chi connectivity index (χ1n) is 10.5. The van der Waals surface area contributed by atoms with E-state index in [1.54, 1.807) is 10.6 Å². The minimum atomic E-state index is -0.514. The number of carbonyl (C=O) groups is 2. The molecule has 8 nitrogen and oxygen atoms in total. The highest BCUT2D eigenvalue weighted by Crippen LogP contribution is 2.43. The third-order valence-electron chi connectivity index (χ3n) is 6.46. The maximum atomic E-state index is 13.5. The molecular formula is C21H30N6O2. The van der Waals surface area contributed by atoms with E-state index in [-0.39, 0.29) is 17.9 Å². The van der Waals surface area contributed by atoms with Gasteiger partial charge in [-0.1, -0.05) is 0 Å². The Labute approximate surface area is 171 Å². The molecule has 2 fully saturated rings. The molecule has 2 aromatic rings. The van der Waals surface area contributed by atoms with E-state index >= 15 is 0 Å². The Hall–Kier alpha value is -2.48. The SMILES string of the molecule is CCNC(=O)[C@@]12CCCN(C(=O)c3cc4nc(C)cc(C)n4n3)[C@@H]1CN(C)CC2. The summed E-state index contributed by atoms with van der Waals surface area (Å²) in [7, 11) is 2.06. The van der Waals surface area contributed by atoms with Crippen LogP contribution in [0.15, 0.2) is 12.1 Å². The van der Waals surface area contributed by atoms with Crippen LogP contribution in [-0.2, 0) is 4.79 Å². The summed E-state index contributed by atoms with van der Waals surface area (Å²) in [4.78, 5) is 35.2. The van der Waals surface area contributed by atoms with Crippen molar-refractivity contribution in [1.82, 2.24) is 29.7 Å². The summed E-state index contributed by atoms with van der Waals surface area (Å²) in [6, 6.07) is 3.57. The van der Waals surface area contributed by atoms with E-state index in [1.807, 2.05) is 31.7 Å². The lowest BCUT2D eigenvalue weighted by molar-refractivity contribution is -0.142. The number of likely N-dealkylation sites (N-methyl/N-ethyl adjacent to an activating group) is 1. The molecule has 1 N–H and O–H groups in total. The molecule has 0 aliphatic carbocycles.